The summed E-state index contributed by atoms with van der Waals surface area (Å²) in [7, 11) is 2.83. The van der Waals surface area contributed by atoms with E-state index in [4.69, 9.17) is 4.74 Å². The number of methoxy groups -OCH3 is 2. The van der Waals surface area contributed by atoms with Crippen molar-refractivity contribution in [3.63, 3.8) is 0 Å². The third-order valence-corrected chi connectivity index (χ3v) is 3.60. The summed E-state index contributed by atoms with van der Waals surface area (Å²) in [4.78, 5) is 15.7. The van der Waals surface area contributed by atoms with Gasteiger partial charge < -0.3 is 14.6 Å². The maximum Gasteiger partial charge on any atom is 0.337 e. The Bertz CT molecular complexity index is 728. The van der Waals surface area contributed by atoms with Gasteiger partial charge in [-0.25, -0.2) is 9.78 Å². The molecular formula is C16H14BrNO4. The van der Waals surface area contributed by atoms with Crippen LogP contribution in [0, 0.1) is 0 Å². The molecule has 1 heterocycles. The first-order chi connectivity index (χ1) is 10.5. The Morgan fingerprint density at radius 3 is 2.64 bits per heavy atom. The normalized spacial score (nSPS) is 10.7. The fourth-order valence-electron chi connectivity index (χ4n) is 1.77. The predicted molar refractivity (Wildman–Crippen MR) is 86.9 cm³/mol. The first-order valence-electron chi connectivity index (χ1n) is 6.35. The Hall–Kier alpha value is -2.34. The number of pyridine rings is 1. The monoisotopic (exact) mass is 363 g/mol. The molecule has 0 saturated heterocycles. The van der Waals surface area contributed by atoms with Gasteiger partial charge in [0, 0.05) is 16.1 Å². The number of phenols is 1. The number of phenolic OH excluding ortho intramolecular Hbond substituents is 1. The van der Waals surface area contributed by atoms with Crippen molar-refractivity contribution in [3.05, 3.63) is 51.6 Å². The number of ether oxygens (including phenoxy) is 2. The average molecular weight is 364 g/mol. The molecule has 0 saturated carbocycles. The van der Waals surface area contributed by atoms with Gasteiger partial charge in [-0.2, -0.15) is 0 Å². The molecule has 22 heavy (non-hydrogen) atoms. The van der Waals surface area contributed by atoms with E-state index < -0.39 is 5.97 Å². The number of hydrogen-bond donors (Lipinski definition) is 1. The standard InChI is InChI=1S/C16H14BrNO4/c1-21-15-8-6-12(17)13(18-15)7-5-10-3-4-11(9-14(10)19)16(20)22-2/h3-9,19H,1-2H3. The van der Waals surface area contributed by atoms with E-state index in [0.29, 0.717) is 17.1 Å². The first-order valence-corrected chi connectivity index (χ1v) is 7.14. The molecule has 0 spiro atoms. The lowest BCUT2D eigenvalue weighted by molar-refractivity contribution is 0.0600. The first kappa shape index (κ1) is 16.0. The molecule has 0 aliphatic carbocycles. The molecule has 114 valence electrons. The van der Waals surface area contributed by atoms with E-state index in [0.717, 1.165) is 4.47 Å². The zero-order valence-electron chi connectivity index (χ0n) is 12.0. The molecule has 1 aromatic carbocycles. The van der Waals surface area contributed by atoms with Crippen molar-refractivity contribution in [1.82, 2.24) is 4.98 Å². The van der Waals surface area contributed by atoms with Gasteiger partial charge in [0.25, 0.3) is 0 Å². The molecule has 1 N–H and O–H groups in total. The Balaban J connectivity index is 2.29. The number of aromatic hydroxyl groups is 1. The van der Waals surface area contributed by atoms with Crippen LogP contribution in [-0.4, -0.2) is 30.3 Å². The number of nitrogens with zero attached hydrogens (tertiary/aromatic N) is 1. The zero-order chi connectivity index (χ0) is 16.1. The van der Waals surface area contributed by atoms with Crippen LogP contribution in [0.5, 0.6) is 11.6 Å². The maximum absolute atomic E-state index is 11.4. The van der Waals surface area contributed by atoms with E-state index in [-0.39, 0.29) is 11.3 Å². The zero-order valence-corrected chi connectivity index (χ0v) is 13.6. The highest BCUT2D eigenvalue weighted by atomic mass is 79.9. The summed E-state index contributed by atoms with van der Waals surface area (Å²) in [5.74, 6) is -0.0192. The van der Waals surface area contributed by atoms with E-state index in [9.17, 15) is 9.90 Å². The van der Waals surface area contributed by atoms with Crippen LogP contribution in [0.2, 0.25) is 0 Å². The van der Waals surface area contributed by atoms with Crippen LogP contribution < -0.4 is 4.74 Å². The average Bonchev–Trinajstić information content (AvgIpc) is 2.54. The summed E-state index contributed by atoms with van der Waals surface area (Å²) in [5.41, 5.74) is 1.51. The van der Waals surface area contributed by atoms with Gasteiger partial charge >= 0.3 is 5.97 Å². The van der Waals surface area contributed by atoms with E-state index in [1.165, 1.54) is 13.2 Å². The van der Waals surface area contributed by atoms with Crippen molar-refractivity contribution in [2.24, 2.45) is 0 Å². The Morgan fingerprint density at radius 2 is 2.00 bits per heavy atom. The molecule has 2 aromatic rings. The maximum atomic E-state index is 11.4. The summed E-state index contributed by atoms with van der Waals surface area (Å²) in [6.07, 6.45) is 3.43. The van der Waals surface area contributed by atoms with Crippen LogP contribution in [0.1, 0.15) is 21.6 Å². The number of esters is 1. The minimum Gasteiger partial charge on any atom is -0.507 e. The van der Waals surface area contributed by atoms with Crippen molar-refractivity contribution in [2.75, 3.05) is 14.2 Å². The lowest BCUT2D eigenvalue weighted by atomic mass is 10.1. The largest absolute Gasteiger partial charge is 0.507 e. The summed E-state index contributed by atoms with van der Waals surface area (Å²) in [6.45, 7) is 0. The van der Waals surface area contributed by atoms with Gasteiger partial charge in [0.05, 0.1) is 25.5 Å². The highest BCUT2D eigenvalue weighted by Gasteiger charge is 2.08. The molecule has 6 heteroatoms. The van der Waals surface area contributed by atoms with Gasteiger partial charge in [0.1, 0.15) is 5.75 Å². The van der Waals surface area contributed by atoms with Crippen LogP contribution in [0.4, 0.5) is 0 Å². The topological polar surface area (TPSA) is 68.7 Å². The van der Waals surface area contributed by atoms with Crippen molar-refractivity contribution < 1.29 is 19.4 Å². The second-order valence-corrected chi connectivity index (χ2v) is 5.17. The number of hydrogen-bond acceptors (Lipinski definition) is 5. The van der Waals surface area contributed by atoms with E-state index in [1.54, 1.807) is 37.5 Å². The molecule has 0 bridgehead atoms. The highest BCUT2D eigenvalue weighted by Crippen LogP contribution is 2.24. The smallest absolute Gasteiger partial charge is 0.337 e. The number of rotatable bonds is 4. The van der Waals surface area contributed by atoms with Crippen molar-refractivity contribution in [1.29, 1.82) is 0 Å². The molecule has 0 fully saturated rings. The lowest BCUT2D eigenvalue weighted by Gasteiger charge is -2.04. The van der Waals surface area contributed by atoms with Crippen molar-refractivity contribution >= 4 is 34.1 Å². The molecule has 2 rings (SSSR count). The van der Waals surface area contributed by atoms with Gasteiger partial charge in [0.2, 0.25) is 5.88 Å². The molecule has 1 aromatic heterocycles. The second kappa shape index (κ2) is 7.09. The highest BCUT2D eigenvalue weighted by molar-refractivity contribution is 9.10. The number of carbonyl (C=O) groups is 1. The fraction of sp³-hybridized carbons (Fsp3) is 0.125. The molecule has 0 amide bonds. The van der Waals surface area contributed by atoms with Gasteiger partial charge in [0.15, 0.2) is 0 Å². The number of aromatic nitrogens is 1. The fourth-order valence-corrected chi connectivity index (χ4v) is 2.12. The van der Waals surface area contributed by atoms with Crippen LogP contribution >= 0.6 is 15.9 Å². The third-order valence-electron chi connectivity index (χ3n) is 2.93. The van der Waals surface area contributed by atoms with Crippen LogP contribution in [0.25, 0.3) is 12.2 Å². The molecule has 0 aliphatic rings. The summed E-state index contributed by atoms with van der Waals surface area (Å²) < 4.78 is 10.5. The van der Waals surface area contributed by atoms with Crippen LogP contribution in [0.15, 0.2) is 34.8 Å². The Labute approximate surface area is 136 Å². The van der Waals surface area contributed by atoms with Crippen molar-refractivity contribution in [3.8, 4) is 11.6 Å². The Morgan fingerprint density at radius 1 is 1.23 bits per heavy atom. The molecular weight excluding hydrogens is 350 g/mol. The molecule has 0 radical (unpaired) electrons. The van der Waals surface area contributed by atoms with Gasteiger partial charge in [-0.05, 0) is 46.3 Å². The number of halogens is 1. The van der Waals surface area contributed by atoms with E-state index in [1.807, 2.05) is 6.07 Å². The van der Waals surface area contributed by atoms with E-state index >= 15 is 0 Å². The predicted octanol–water partition coefficient (Wildman–Crippen LogP) is 3.52. The third kappa shape index (κ3) is 3.65. The van der Waals surface area contributed by atoms with Gasteiger partial charge in [-0.1, -0.05) is 6.07 Å². The SMILES string of the molecule is COC(=O)c1ccc(C=Cc2nc(OC)ccc2Br)c(O)c1. The minimum absolute atomic E-state index is 0.0156. The number of carbonyl (C=O) groups excluding carboxylic acids is 1. The molecule has 5 nitrogen and oxygen atoms in total. The Kier molecular flexibility index (Phi) is 5.16. The van der Waals surface area contributed by atoms with Crippen LogP contribution in [0.3, 0.4) is 0 Å². The second-order valence-electron chi connectivity index (χ2n) is 4.32. The summed E-state index contributed by atoms with van der Waals surface area (Å²) >= 11 is 3.40. The number of benzene rings is 1. The van der Waals surface area contributed by atoms with E-state index in [2.05, 4.69) is 25.7 Å². The molecule has 0 atom stereocenters. The van der Waals surface area contributed by atoms with Gasteiger partial charge in [-0.3, -0.25) is 0 Å². The minimum atomic E-state index is -0.497. The molecule has 0 unspecified atom stereocenters. The van der Waals surface area contributed by atoms with Crippen LogP contribution in [-0.2, 0) is 4.74 Å². The van der Waals surface area contributed by atoms with Gasteiger partial charge in [-0.15, -0.1) is 0 Å². The quantitative estimate of drug-likeness (QED) is 0.841. The summed E-state index contributed by atoms with van der Waals surface area (Å²) in [5, 5.41) is 9.97. The summed E-state index contributed by atoms with van der Waals surface area (Å²) in [6, 6.07) is 8.14. The molecule has 0 aliphatic heterocycles. The lowest BCUT2D eigenvalue weighted by Crippen LogP contribution is -2.00. The van der Waals surface area contributed by atoms with Crippen molar-refractivity contribution in [2.45, 2.75) is 0 Å².